The van der Waals surface area contributed by atoms with Crippen molar-refractivity contribution in [3.63, 3.8) is 0 Å². The first-order valence-corrected chi connectivity index (χ1v) is 7.96. The maximum absolute atomic E-state index is 11.8. The number of anilines is 3. The highest BCUT2D eigenvalue weighted by atomic mass is 35.5. The molecule has 0 saturated carbocycles. The summed E-state index contributed by atoms with van der Waals surface area (Å²) in [5.74, 6) is 1.13. The molecule has 2 aromatic rings. The van der Waals surface area contributed by atoms with Crippen molar-refractivity contribution in [2.24, 2.45) is 0 Å². The third kappa shape index (κ3) is 4.00. The lowest BCUT2D eigenvalue weighted by Crippen LogP contribution is -2.38. The van der Waals surface area contributed by atoms with Crippen LogP contribution in [-0.4, -0.2) is 34.1 Å². The Labute approximate surface area is 138 Å². The number of H-pyrrole nitrogens is 1. The minimum Gasteiger partial charge on any atom is -0.366 e. The summed E-state index contributed by atoms with van der Waals surface area (Å²) in [7, 11) is 0. The molecule has 1 atom stereocenters. The summed E-state index contributed by atoms with van der Waals surface area (Å²) in [6, 6.07) is 1.89. The zero-order valence-electron chi connectivity index (χ0n) is 12.8. The maximum atomic E-state index is 11.8. The topological polar surface area (TPSA) is 94.7 Å². The van der Waals surface area contributed by atoms with Crippen molar-refractivity contribution in [2.75, 3.05) is 23.7 Å². The van der Waals surface area contributed by atoms with Gasteiger partial charge in [-0.15, -0.1) is 0 Å². The van der Waals surface area contributed by atoms with Crippen LogP contribution < -0.4 is 21.5 Å². The molecular weight excluding hydrogens is 316 g/mol. The van der Waals surface area contributed by atoms with Gasteiger partial charge in [0.05, 0.1) is 5.02 Å². The van der Waals surface area contributed by atoms with Crippen LogP contribution in [0.25, 0.3) is 0 Å². The van der Waals surface area contributed by atoms with Gasteiger partial charge in [-0.3, -0.25) is 4.79 Å². The lowest BCUT2D eigenvalue weighted by Gasteiger charge is -2.25. The van der Waals surface area contributed by atoms with Gasteiger partial charge in [-0.25, -0.2) is 4.98 Å². The lowest BCUT2D eigenvalue weighted by molar-refractivity contribution is 0.479. The molecule has 122 valence electrons. The Morgan fingerprint density at radius 2 is 2.30 bits per heavy atom. The van der Waals surface area contributed by atoms with Crippen LogP contribution in [0, 0.1) is 6.92 Å². The standard InChI is InChI=1S/C15H19ClN6O/c1-9-6-19-15(21-12-5-10(16)7-18-14(12)23)22-13(9)20-11-3-2-4-17-8-11/h5-7,11,17H,2-4,8H2,1H3,(H,18,23)(H2,19,20,21,22)/t11-/m1/s1. The summed E-state index contributed by atoms with van der Waals surface area (Å²) in [6.07, 6.45) is 5.42. The van der Waals surface area contributed by atoms with Gasteiger partial charge in [-0.2, -0.15) is 4.98 Å². The van der Waals surface area contributed by atoms with Gasteiger partial charge < -0.3 is 20.9 Å². The van der Waals surface area contributed by atoms with E-state index in [0.717, 1.165) is 37.3 Å². The third-order valence-electron chi connectivity index (χ3n) is 3.72. The van der Waals surface area contributed by atoms with E-state index in [1.54, 1.807) is 12.3 Å². The molecule has 23 heavy (non-hydrogen) atoms. The average molecular weight is 335 g/mol. The van der Waals surface area contributed by atoms with Crippen LogP contribution in [0.3, 0.4) is 0 Å². The van der Waals surface area contributed by atoms with E-state index in [2.05, 4.69) is 30.9 Å². The number of nitrogens with one attached hydrogen (secondary N) is 4. The van der Waals surface area contributed by atoms with Gasteiger partial charge in [0.2, 0.25) is 5.95 Å². The first kappa shape index (κ1) is 15.8. The van der Waals surface area contributed by atoms with Crippen molar-refractivity contribution in [1.29, 1.82) is 0 Å². The fourth-order valence-electron chi connectivity index (χ4n) is 2.49. The summed E-state index contributed by atoms with van der Waals surface area (Å²) in [4.78, 5) is 23.0. The number of aromatic nitrogens is 3. The van der Waals surface area contributed by atoms with E-state index in [1.165, 1.54) is 6.20 Å². The van der Waals surface area contributed by atoms with Crippen LogP contribution in [0.5, 0.6) is 0 Å². The Kier molecular flexibility index (Phi) is 4.78. The quantitative estimate of drug-likeness (QED) is 0.683. The number of hydrogen-bond acceptors (Lipinski definition) is 6. The van der Waals surface area contributed by atoms with Gasteiger partial charge in [-0.05, 0) is 32.4 Å². The first-order valence-electron chi connectivity index (χ1n) is 7.58. The summed E-state index contributed by atoms with van der Waals surface area (Å²) >= 11 is 5.90. The van der Waals surface area contributed by atoms with Crippen LogP contribution in [0.15, 0.2) is 23.3 Å². The van der Waals surface area contributed by atoms with Crippen LogP contribution in [0.2, 0.25) is 5.02 Å². The highest BCUT2D eigenvalue weighted by Crippen LogP contribution is 2.18. The zero-order valence-corrected chi connectivity index (χ0v) is 13.6. The molecule has 0 aromatic carbocycles. The van der Waals surface area contributed by atoms with Gasteiger partial charge in [0.25, 0.3) is 5.56 Å². The second kappa shape index (κ2) is 6.97. The highest BCUT2D eigenvalue weighted by molar-refractivity contribution is 6.30. The van der Waals surface area contributed by atoms with Crippen LogP contribution in [0.1, 0.15) is 18.4 Å². The van der Waals surface area contributed by atoms with E-state index in [1.807, 2.05) is 6.92 Å². The smallest absolute Gasteiger partial charge is 0.271 e. The highest BCUT2D eigenvalue weighted by Gasteiger charge is 2.15. The summed E-state index contributed by atoms with van der Waals surface area (Å²) in [5.41, 5.74) is 0.998. The van der Waals surface area contributed by atoms with E-state index in [0.29, 0.717) is 22.7 Å². The molecule has 0 unspecified atom stereocenters. The molecule has 2 aromatic heterocycles. The fraction of sp³-hybridized carbons (Fsp3) is 0.400. The number of hydrogen-bond donors (Lipinski definition) is 4. The van der Waals surface area contributed by atoms with Crippen molar-refractivity contribution in [1.82, 2.24) is 20.3 Å². The summed E-state index contributed by atoms with van der Waals surface area (Å²) in [6.45, 7) is 3.93. The predicted octanol–water partition coefficient (Wildman–Crippen LogP) is 2.03. The molecule has 1 saturated heterocycles. The minimum atomic E-state index is -0.274. The maximum Gasteiger partial charge on any atom is 0.271 e. The van der Waals surface area contributed by atoms with Crippen LogP contribution >= 0.6 is 11.6 Å². The van der Waals surface area contributed by atoms with E-state index in [-0.39, 0.29) is 5.56 Å². The molecule has 3 rings (SSSR count). The SMILES string of the molecule is Cc1cnc(Nc2cc(Cl)c[nH]c2=O)nc1N[C@@H]1CCCNC1. The van der Waals surface area contributed by atoms with Crippen molar-refractivity contribution in [3.8, 4) is 0 Å². The third-order valence-corrected chi connectivity index (χ3v) is 3.94. The summed E-state index contributed by atoms with van der Waals surface area (Å²) in [5, 5.41) is 10.1. The largest absolute Gasteiger partial charge is 0.366 e. The van der Waals surface area contributed by atoms with Gasteiger partial charge in [0, 0.05) is 30.5 Å². The molecule has 4 N–H and O–H groups in total. The Hall–Kier alpha value is -2.12. The second-order valence-corrected chi connectivity index (χ2v) is 6.03. The molecule has 1 aliphatic rings. The van der Waals surface area contributed by atoms with Crippen molar-refractivity contribution in [3.05, 3.63) is 39.4 Å². The van der Waals surface area contributed by atoms with Crippen molar-refractivity contribution in [2.45, 2.75) is 25.8 Å². The molecule has 1 aliphatic heterocycles. The molecule has 8 heteroatoms. The molecule has 0 amide bonds. The van der Waals surface area contributed by atoms with Crippen molar-refractivity contribution >= 4 is 29.1 Å². The minimum absolute atomic E-state index is 0.274. The molecule has 0 bridgehead atoms. The number of nitrogens with zero attached hydrogens (tertiary/aromatic N) is 2. The molecule has 3 heterocycles. The molecule has 1 fully saturated rings. The van der Waals surface area contributed by atoms with Crippen molar-refractivity contribution < 1.29 is 0 Å². The van der Waals surface area contributed by atoms with E-state index < -0.39 is 0 Å². The number of piperidine rings is 1. The van der Waals surface area contributed by atoms with E-state index in [9.17, 15) is 4.79 Å². The molecule has 0 radical (unpaired) electrons. The Bertz CT molecular complexity index is 741. The molecular formula is C15H19ClN6O. The molecule has 0 aliphatic carbocycles. The van der Waals surface area contributed by atoms with Gasteiger partial charge in [0.15, 0.2) is 0 Å². The number of pyridine rings is 1. The lowest BCUT2D eigenvalue weighted by atomic mass is 10.1. The first-order chi connectivity index (χ1) is 11.1. The number of aryl methyl sites for hydroxylation is 1. The number of rotatable bonds is 4. The van der Waals surface area contributed by atoms with E-state index in [4.69, 9.17) is 11.6 Å². The van der Waals surface area contributed by atoms with Crippen LogP contribution in [0.4, 0.5) is 17.5 Å². The summed E-state index contributed by atoms with van der Waals surface area (Å²) < 4.78 is 0. The zero-order chi connectivity index (χ0) is 16.2. The fourth-order valence-corrected chi connectivity index (χ4v) is 2.65. The second-order valence-electron chi connectivity index (χ2n) is 5.60. The molecule has 0 spiro atoms. The van der Waals surface area contributed by atoms with Gasteiger partial charge in [0.1, 0.15) is 11.5 Å². The monoisotopic (exact) mass is 334 g/mol. The Morgan fingerprint density at radius 3 is 3.09 bits per heavy atom. The normalized spacial score (nSPS) is 17.7. The van der Waals surface area contributed by atoms with Crippen LogP contribution in [-0.2, 0) is 0 Å². The van der Waals surface area contributed by atoms with Gasteiger partial charge in [-0.1, -0.05) is 11.6 Å². The number of halogens is 1. The van der Waals surface area contributed by atoms with E-state index >= 15 is 0 Å². The predicted molar refractivity (Wildman–Crippen MR) is 91.6 cm³/mol. The average Bonchev–Trinajstić information content (AvgIpc) is 2.55. The number of aromatic amines is 1. The van der Waals surface area contributed by atoms with Gasteiger partial charge >= 0.3 is 0 Å². The molecule has 7 nitrogen and oxygen atoms in total. The Morgan fingerprint density at radius 1 is 1.43 bits per heavy atom. The Balaban J connectivity index is 1.79.